The zero-order chi connectivity index (χ0) is 19.1. The number of nitrogens with zero attached hydrogens (tertiary/aromatic N) is 3. The van der Waals surface area contributed by atoms with Crippen LogP contribution in [0.25, 0.3) is 0 Å². The predicted molar refractivity (Wildman–Crippen MR) is 114 cm³/mol. The van der Waals surface area contributed by atoms with Gasteiger partial charge >= 0.3 is 0 Å². The molecule has 0 bridgehead atoms. The maximum absolute atomic E-state index is 12.1. The number of anilines is 3. The number of benzene rings is 1. The van der Waals surface area contributed by atoms with Crippen LogP contribution >= 0.6 is 22.6 Å². The van der Waals surface area contributed by atoms with Crippen LogP contribution in [0.15, 0.2) is 55.0 Å². The van der Waals surface area contributed by atoms with Crippen LogP contribution in [0.2, 0.25) is 0 Å². The van der Waals surface area contributed by atoms with Gasteiger partial charge in [-0.25, -0.2) is 15.0 Å². The fourth-order valence-corrected chi connectivity index (χ4v) is 2.90. The molecule has 0 spiro atoms. The molecule has 1 amide bonds. The second-order valence-electron chi connectivity index (χ2n) is 5.82. The number of rotatable bonds is 7. The van der Waals surface area contributed by atoms with Crippen LogP contribution in [-0.4, -0.2) is 33.9 Å². The van der Waals surface area contributed by atoms with Crippen molar-refractivity contribution in [1.82, 2.24) is 20.3 Å². The summed E-state index contributed by atoms with van der Waals surface area (Å²) in [6, 6.07) is 13.1. The van der Waals surface area contributed by atoms with E-state index in [1.54, 1.807) is 18.3 Å². The van der Waals surface area contributed by atoms with Crippen molar-refractivity contribution >= 4 is 46.0 Å². The van der Waals surface area contributed by atoms with E-state index in [1.165, 1.54) is 6.33 Å². The molecule has 3 aromatic rings. The largest absolute Gasteiger partial charge is 0.368 e. The quantitative estimate of drug-likeness (QED) is 0.360. The summed E-state index contributed by atoms with van der Waals surface area (Å²) >= 11 is 2.19. The molecule has 0 saturated carbocycles. The van der Waals surface area contributed by atoms with Crippen LogP contribution in [-0.2, 0) is 0 Å². The summed E-state index contributed by atoms with van der Waals surface area (Å²) in [6.45, 7) is 3.04. The molecule has 0 aliphatic rings. The van der Waals surface area contributed by atoms with Crippen molar-refractivity contribution in [2.45, 2.75) is 6.92 Å². The van der Waals surface area contributed by atoms with Crippen molar-refractivity contribution in [1.29, 1.82) is 0 Å². The number of nitrogens with one attached hydrogen (secondary N) is 3. The SMILES string of the molecule is Cc1ccnc(Nc2cc(NCCNC(=O)c3cccc(I)c3)ncn2)c1. The highest BCUT2D eigenvalue weighted by atomic mass is 127. The molecule has 0 unspecified atom stereocenters. The third kappa shape index (κ3) is 5.88. The molecule has 138 valence electrons. The Bertz CT molecular complexity index is 933. The molecule has 0 aliphatic carbocycles. The van der Waals surface area contributed by atoms with Gasteiger partial charge in [0.2, 0.25) is 0 Å². The molecule has 0 fully saturated rings. The van der Waals surface area contributed by atoms with Crippen LogP contribution in [0, 0.1) is 10.5 Å². The first kappa shape index (κ1) is 19.0. The Morgan fingerprint density at radius 2 is 1.81 bits per heavy atom. The Balaban J connectivity index is 1.49. The highest BCUT2D eigenvalue weighted by molar-refractivity contribution is 14.1. The molecule has 0 aliphatic heterocycles. The number of hydrogen-bond acceptors (Lipinski definition) is 6. The van der Waals surface area contributed by atoms with Gasteiger partial charge in [0.15, 0.2) is 0 Å². The van der Waals surface area contributed by atoms with Crippen LogP contribution in [0.4, 0.5) is 17.5 Å². The lowest BCUT2D eigenvalue weighted by Crippen LogP contribution is -2.28. The summed E-state index contributed by atoms with van der Waals surface area (Å²) in [4.78, 5) is 24.7. The number of halogens is 1. The van der Waals surface area contributed by atoms with Crippen molar-refractivity contribution < 1.29 is 4.79 Å². The fraction of sp³-hybridized carbons (Fsp3) is 0.158. The van der Waals surface area contributed by atoms with Crippen LogP contribution in [0.1, 0.15) is 15.9 Å². The van der Waals surface area contributed by atoms with Crippen LogP contribution < -0.4 is 16.0 Å². The molecule has 0 radical (unpaired) electrons. The Morgan fingerprint density at radius 3 is 2.63 bits per heavy atom. The Hall–Kier alpha value is -2.75. The molecule has 8 heteroatoms. The maximum Gasteiger partial charge on any atom is 0.251 e. The first-order chi connectivity index (χ1) is 13.1. The van der Waals surface area contributed by atoms with E-state index in [0.29, 0.717) is 30.3 Å². The van der Waals surface area contributed by atoms with Gasteiger partial charge in [0.1, 0.15) is 23.8 Å². The highest BCUT2D eigenvalue weighted by Crippen LogP contribution is 2.15. The van der Waals surface area contributed by atoms with Crippen molar-refractivity contribution in [3.8, 4) is 0 Å². The summed E-state index contributed by atoms with van der Waals surface area (Å²) in [6.07, 6.45) is 3.22. The summed E-state index contributed by atoms with van der Waals surface area (Å²) in [7, 11) is 0. The average Bonchev–Trinajstić information content (AvgIpc) is 2.65. The standard InChI is InChI=1S/C19H19IN6O/c1-13-5-6-21-17(9-13)26-18-11-16(24-12-25-18)22-7-8-23-19(27)14-3-2-4-15(20)10-14/h2-6,9-12H,7-8H2,1H3,(H,23,27)(H2,21,22,24,25,26). The Morgan fingerprint density at radius 1 is 1.00 bits per heavy atom. The predicted octanol–water partition coefficient (Wildman–Crippen LogP) is 3.37. The molecular weight excluding hydrogens is 455 g/mol. The van der Waals surface area contributed by atoms with Crippen molar-refractivity contribution in [3.05, 3.63) is 69.7 Å². The van der Waals surface area contributed by atoms with E-state index >= 15 is 0 Å². The third-order valence-corrected chi connectivity index (χ3v) is 4.31. The smallest absolute Gasteiger partial charge is 0.251 e. The lowest BCUT2D eigenvalue weighted by Gasteiger charge is -2.09. The van der Waals surface area contributed by atoms with Gasteiger partial charge in [-0.2, -0.15) is 0 Å². The average molecular weight is 474 g/mol. The Labute approximate surface area is 171 Å². The van der Waals surface area contributed by atoms with Gasteiger partial charge in [-0.15, -0.1) is 0 Å². The van der Waals surface area contributed by atoms with Crippen LogP contribution in [0.3, 0.4) is 0 Å². The van der Waals surface area contributed by atoms with Gasteiger partial charge in [-0.3, -0.25) is 4.79 Å². The molecule has 1 aromatic carbocycles. The van der Waals surface area contributed by atoms with Crippen molar-refractivity contribution in [2.24, 2.45) is 0 Å². The molecule has 3 rings (SSSR count). The number of hydrogen-bond donors (Lipinski definition) is 3. The number of aromatic nitrogens is 3. The number of amides is 1. The molecular formula is C19H19IN6O. The second kappa shape index (κ2) is 9.26. The van der Waals surface area contributed by atoms with E-state index < -0.39 is 0 Å². The van der Waals surface area contributed by atoms with Crippen molar-refractivity contribution in [3.63, 3.8) is 0 Å². The summed E-state index contributed by atoms with van der Waals surface area (Å²) in [5.74, 6) is 1.95. The monoisotopic (exact) mass is 474 g/mol. The summed E-state index contributed by atoms with van der Waals surface area (Å²) < 4.78 is 1.03. The minimum absolute atomic E-state index is 0.0918. The highest BCUT2D eigenvalue weighted by Gasteiger charge is 2.05. The fourth-order valence-electron chi connectivity index (χ4n) is 2.36. The van der Waals surface area contributed by atoms with E-state index in [-0.39, 0.29) is 5.91 Å². The molecule has 2 heterocycles. The van der Waals surface area contributed by atoms with Gasteiger partial charge in [-0.05, 0) is 65.4 Å². The molecule has 7 nitrogen and oxygen atoms in total. The van der Waals surface area contributed by atoms with Crippen LogP contribution in [0.5, 0.6) is 0 Å². The minimum Gasteiger partial charge on any atom is -0.368 e. The summed E-state index contributed by atoms with van der Waals surface area (Å²) in [5, 5.41) is 9.20. The van der Waals surface area contributed by atoms with E-state index in [0.717, 1.165) is 15.0 Å². The van der Waals surface area contributed by atoms with Crippen molar-refractivity contribution in [2.75, 3.05) is 23.7 Å². The zero-order valence-corrected chi connectivity index (χ0v) is 16.9. The second-order valence-corrected chi connectivity index (χ2v) is 7.07. The minimum atomic E-state index is -0.0918. The lowest BCUT2D eigenvalue weighted by molar-refractivity contribution is 0.0955. The molecule has 0 atom stereocenters. The first-order valence-corrected chi connectivity index (χ1v) is 9.47. The third-order valence-electron chi connectivity index (χ3n) is 3.64. The molecule has 27 heavy (non-hydrogen) atoms. The topological polar surface area (TPSA) is 91.8 Å². The molecule has 2 aromatic heterocycles. The first-order valence-electron chi connectivity index (χ1n) is 8.39. The summed E-state index contributed by atoms with van der Waals surface area (Å²) in [5.41, 5.74) is 1.77. The maximum atomic E-state index is 12.1. The van der Waals surface area contributed by atoms with Gasteiger partial charge in [0.25, 0.3) is 5.91 Å². The van der Waals surface area contributed by atoms with E-state index in [1.807, 2.05) is 37.3 Å². The number of carbonyl (C=O) groups excluding carboxylic acids is 1. The van der Waals surface area contributed by atoms with Gasteiger partial charge in [-0.1, -0.05) is 6.07 Å². The normalized spacial score (nSPS) is 10.3. The number of pyridine rings is 1. The molecule has 3 N–H and O–H groups in total. The molecule has 0 saturated heterocycles. The van der Waals surface area contributed by atoms with Gasteiger partial charge in [0, 0.05) is 34.5 Å². The van der Waals surface area contributed by atoms with Gasteiger partial charge in [0.05, 0.1) is 0 Å². The van der Waals surface area contributed by atoms with E-state index in [2.05, 4.69) is 53.5 Å². The number of carbonyl (C=O) groups is 1. The lowest BCUT2D eigenvalue weighted by atomic mass is 10.2. The Kier molecular flexibility index (Phi) is 6.53. The zero-order valence-electron chi connectivity index (χ0n) is 14.7. The van der Waals surface area contributed by atoms with Gasteiger partial charge < -0.3 is 16.0 Å². The van der Waals surface area contributed by atoms with E-state index in [4.69, 9.17) is 0 Å². The van der Waals surface area contributed by atoms with E-state index in [9.17, 15) is 4.79 Å². The number of aryl methyl sites for hydroxylation is 1.